The summed E-state index contributed by atoms with van der Waals surface area (Å²) in [6.45, 7) is 4.88. The Morgan fingerprint density at radius 3 is 2.41 bits per heavy atom. The molecule has 17 heavy (non-hydrogen) atoms. The zero-order valence-electron chi connectivity index (χ0n) is 10.7. The smallest absolute Gasteiger partial charge is 0.0953 e. The molecule has 0 aliphatic heterocycles. The molecule has 0 saturated carbocycles. The van der Waals surface area contributed by atoms with E-state index in [4.69, 9.17) is 5.73 Å². The standard InChI is InChI=1S/C14H19N3/c1-10-6-11(2)8-12(7-10)14-13(4-5-15)17(3)9-16-14/h6-9H,4-5,15H2,1-3H3. The van der Waals surface area contributed by atoms with Crippen LogP contribution in [0.25, 0.3) is 11.3 Å². The van der Waals surface area contributed by atoms with Crippen LogP contribution in [0.4, 0.5) is 0 Å². The molecule has 0 amide bonds. The van der Waals surface area contributed by atoms with Crippen LogP contribution in [0.3, 0.4) is 0 Å². The minimum atomic E-state index is 0.650. The lowest BCUT2D eigenvalue weighted by atomic mass is 10.0. The third-order valence-electron chi connectivity index (χ3n) is 2.94. The number of aryl methyl sites for hydroxylation is 3. The normalized spacial score (nSPS) is 10.8. The molecule has 2 rings (SSSR count). The van der Waals surface area contributed by atoms with Crippen LogP contribution in [0.15, 0.2) is 24.5 Å². The topological polar surface area (TPSA) is 43.8 Å². The highest BCUT2D eigenvalue weighted by Crippen LogP contribution is 2.24. The van der Waals surface area contributed by atoms with Gasteiger partial charge in [-0.25, -0.2) is 4.98 Å². The molecule has 1 aromatic carbocycles. The fourth-order valence-electron chi connectivity index (χ4n) is 2.24. The monoisotopic (exact) mass is 229 g/mol. The van der Waals surface area contributed by atoms with Crippen molar-refractivity contribution in [2.75, 3.05) is 6.54 Å². The van der Waals surface area contributed by atoms with Crippen molar-refractivity contribution in [1.82, 2.24) is 9.55 Å². The van der Waals surface area contributed by atoms with Gasteiger partial charge in [0.25, 0.3) is 0 Å². The van der Waals surface area contributed by atoms with Crippen LogP contribution in [-0.2, 0) is 13.5 Å². The molecule has 0 saturated heterocycles. The van der Waals surface area contributed by atoms with Crippen LogP contribution >= 0.6 is 0 Å². The summed E-state index contributed by atoms with van der Waals surface area (Å²) in [4.78, 5) is 4.49. The fraction of sp³-hybridized carbons (Fsp3) is 0.357. The SMILES string of the molecule is Cc1cc(C)cc(-c2ncn(C)c2CCN)c1. The Labute approximate surface area is 102 Å². The molecule has 0 aliphatic carbocycles. The predicted molar refractivity (Wildman–Crippen MR) is 70.9 cm³/mol. The van der Waals surface area contributed by atoms with Crippen LogP contribution in [-0.4, -0.2) is 16.1 Å². The van der Waals surface area contributed by atoms with Crippen molar-refractivity contribution in [3.05, 3.63) is 41.3 Å². The number of benzene rings is 1. The summed E-state index contributed by atoms with van der Waals surface area (Å²) in [5.41, 5.74) is 11.6. The van der Waals surface area contributed by atoms with Gasteiger partial charge >= 0.3 is 0 Å². The van der Waals surface area contributed by atoms with Gasteiger partial charge < -0.3 is 10.3 Å². The highest BCUT2D eigenvalue weighted by Gasteiger charge is 2.10. The van der Waals surface area contributed by atoms with Gasteiger partial charge in [-0.3, -0.25) is 0 Å². The summed E-state index contributed by atoms with van der Waals surface area (Å²) in [5.74, 6) is 0. The number of hydrogen-bond donors (Lipinski definition) is 1. The third-order valence-corrected chi connectivity index (χ3v) is 2.94. The molecule has 3 nitrogen and oxygen atoms in total. The van der Waals surface area contributed by atoms with Gasteiger partial charge in [-0.2, -0.15) is 0 Å². The van der Waals surface area contributed by atoms with Gasteiger partial charge in [0.05, 0.1) is 12.0 Å². The molecular formula is C14H19N3. The summed E-state index contributed by atoms with van der Waals surface area (Å²) in [7, 11) is 2.02. The fourth-order valence-corrected chi connectivity index (χ4v) is 2.24. The number of hydrogen-bond acceptors (Lipinski definition) is 2. The molecule has 3 heteroatoms. The van der Waals surface area contributed by atoms with Gasteiger partial charge in [-0.05, 0) is 32.5 Å². The highest BCUT2D eigenvalue weighted by molar-refractivity contribution is 5.64. The largest absolute Gasteiger partial charge is 0.337 e. The van der Waals surface area contributed by atoms with Crippen molar-refractivity contribution >= 4 is 0 Å². The molecule has 0 radical (unpaired) electrons. The maximum atomic E-state index is 5.65. The van der Waals surface area contributed by atoms with E-state index in [0.29, 0.717) is 6.54 Å². The van der Waals surface area contributed by atoms with Crippen LogP contribution in [0.2, 0.25) is 0 Å². The Kier molecular flexibility index (Phi) is 3.29. The number of nitrogens with two attached hydrogens (primary N) is 1. The maximum absolute atomic E-state index is 5.65. The second kappa shape index (κ2) is 4.72. The van der Waals surface area contributed by atoms with Crippen molar-refractivity contribution < 1.29 is 0 Å². The van der Waals surface area contributed by atoms with E-state index in [1.54, 1.807) is 0 Å². The molecule has 2 aromatic rings. The second-order valence-electron chi connectivity index (χ2n) is 4.57. The van der Waals surface area contributed by atoms with E-state index in [-0.39, 0.29) is 0 Å². The Bertz CT molecular complexity index is 506. The van der Waals surface area contributed by atoms with Crippen molar-refractivity contribution in [2.24, 2.45) is 12.8 Å². The molecule has 0 spiro atoms. The van der Waals surface area contributed by atoms with E-state index in [9.17, 15) is 0 Å². The summed E-state index contributed by atoms with van der Waals surface area (Å²) in [6.07, 6.45) is 2.72. The van der Waals surface area contributed by atoms with Gasteiger partial charge in [0.2, 0.25) is 0 Å². The van der Waals surface area contributed by atoms with E-state index in [0.717, 1.165) is 12.1 Å². The first-order chi connectivity index (χ1) is 8.11. The molecule has 0 atom stereocenters. The van der Waals surface area contributed by atoms with Crippen LogP contribution < -0.4 is 5.73 Å². The molecule has 2 N–H and O–H groups in total. The average Bonchev–Trinajstić information content (AvgIpc) is 2.60. The number of imidazole rings is 1. The molecule has 1 aromatic heterocycles. The molecule has 0 aliphatic rings. The lowest BCUT2D eigenvalue weighted by Gasteiger charge is -2.07. The number of aromatic nitrogens is 2. The predicted octanol–water partition coefficient (Wildman–Crippen LogP) is 2.21. The van der Waals surface area contributed by atoms with E-state index < -0.39 is 0 Å². The average molecular weight is 229 g/mol. The molecule has 1 heterocycles. The van der Waals surface area contributed by atoms with E-state index in [1.807, 2.05) is 13.4 Å². The number of nitrogens with zero attached hydrogens (tertiary/aromatic N) is 2. The highest BCUT2D eigenvalue weighted by atomic mass is 15.0. The van der Waals surface area contributed by atoms with Gasteiger partial charge in [0.15, 0.2) is 0 Å². The first kappa shape index (κ1) is 11.9. The minimum absolute atomic E-state index is 0.650. The molecule has 0 bridgehead atoms. The van der Waals surface area contributed by atoms with Crippen molar-refractivity contribution in [3.8, 4) is 11.3 Å². The summed E-state index contributed by atoms with van der Waals surface area (Å²) in [6, 6.07) is 6.53. The lowest BCUT2D eigenvalue weighted by Crippen LogP contribution is -2.07. The minimum Gasteiger partial charge on any atom is -0.337 e. The first-order valence-corrected chi connectivity index (χ1v) is 5.90. The van der Waals surface area contributed by atoms with Gasteiger partial charge in [0, 0.05) is 24.7 Å². The molecular weight excluding hydrogens is 210 g/mol. The van der Waals surface area contributed by atoms with Crippen LogP contribution in [0, 0.1) is 13.8 Å². The van der Waals surface area contributed by atoms with Gasteiger partial charge in [-0.15, -0.1) is 0 Å². The second-order valence-corrected chi connectivity index (χ2v) is 4.57. The van der Waals surface area contributed by atoms with Crippen molar-refractivity contribution in [2.45, 2.75) is 20.3 Å². The molecule has 90 valence electrons. The Balaban J connectivity index is 2.52. The number of rotatable bonds is 3. The Morgan fingerprint density at radius 2 is 1.82 bits per heavy atom. The van der Waals surface area contributed by atoms with E-state index in [1.165, 1.54) is 22.4 Å². The van der Waals surface area contributed by atoms with Crippen LogP contribution in [0.5, 0.6) is 0 Å². The summed E-state index contributed by atoms with van der Waals surface area (Å²) >= 11 is 0. The quantitative estimate of drug-likeness (QED) is 0.877. The lowest BCUT2D eigenvalue weighted by molar-refractivity contribution is 0.805. The molecule has 0 unspecified atom stereocenters. The Morgan fingerprint density at radius 1 is 1.18 bits per heavy atom. The Hall–Kier alpha value is -1.61. The van der Waals surface area contributed by atoms with Crippen molar-refractivity contribution in [1.29, 1.82) is 0 Å². The van der Waals surface area contributed by atoms with E-state index in [2.05, 4.69) is 41.6 Å². The maximum Gasteiger partial charge on any atom is 0.0953 e. The van der Waals surface area contributed by atoms with Crippen molar-refractivity contribution in [3.63, 3.8) is 0 Å². The van der Waals surface area contributed by atoms with Gasteiger partial charge in [0.1, 0.15) is 0 Å². The van der Waals surface area contributed by atoms with Crippen LogP contribution in [0.1, 0.15) is 16.8 Å². The van der Waals surface area contributed by atoms with Gasteiger partial charge in [-0.1, -0.05) is 17.2 Å². The summed E-state index contributed by atoms with van der Waals surface area (Å²) in [5, 5.41) is 0. The zero-order chi connectivity index (χ0) is 12.4. The van der Waals surface area contributed by atoms with E-state index >= 15 is 0 Å². The third kappa shape index (κ3) is 2.39. The zero-order valence-corrected chi connectivity index (χ0v) is 10.7. The summed E-state index contributed by atoms with van der Waals surface area (Å²) < 4.78 is 2.06. The molecule has 0 fully saturated rings. The first-order valence-electron chi connectivity index (χ1n) is 5.90.